The summed E-state index contributed by atoms with van der Waals surface area (Å²) in [6, 6.07) is 50.9. The van der Waals surface area contributed by atoms with Crippen LogP contribution < -0.4 is 26.5 Å². The number of aryl methyl sites for hydroxylation is 4. The summed E-state index contributed by atoms with van der Waals surface area (Å²) in [5.41, 5.74) is 3.68. The molecule has 4 aliphatic rings. The third-order valence-corrected chi connectivity index (χ3v) is 17.4. The van der Waals surface area contributed by atoms with Gasteiger partial charge in [-0.1, -0.05) is 80.2 Å². The van der Waals surface area contributed by atoms with Crippen LogP contribution in [0.25, 0.3) is 0 Å². The molecule has 4 fully saturated rings. The van der Waals surface area contributed by atoms with Crippen LogP contribution in [0.3, 0.4) is 0 Å². The molecule has 0 spiro atoms. The molecule has 67 heavy (non-hydrogen) atoms. The molecule has 0 radical (unpaired) electrons. The van der Waals surface area contributed by atoms with E-state index in [-0.39, 0.29) is 88.9 Å². The maximum absolute atomic E-state index is 13.0. The van der Waals surface area contributed by atoms with E-state index in [1.807, 2.05) is 26.0 Å². The number of carboxylic acid groups (broad SMARTS) is 1. The van der Waals surface area contributed by atoms with Gasteiger partial charge in [0, 0.05) is 24.3 Å². The number of benzene rings is 6. The third kappa shape index (κ3) is 12.7. The van der Waals surface area contributed by atoms with Gasteiger partial charge >= 0.3 is 11.9 Å². The molecule has 0 saturated heterocycles. The zero-order chi connectivity index (χ0) is 44.1. The van der Waals surface area contributed by atoms with Gasteiger partial charge in [-0.3, -0.25) is 0 Å². The zero-order valence-corrected chi connectivity index (χ0v) is 42.2. The van der Waals surface area contributed by atoms with Crippen LogP contribution in [0.5, 0.6) is 11.5 Å². The van der Waals surface area contributed by atoms with Crippen molar-refractivity contribution < 1.29 is 51.4 Å². The Morgan fingerprint density at radius 3 is 1.13 bits per heavy atom. The molecule has 0 aliphatic heterocycles. The fourth-order valence-corrected chi connectivity index (χ4v) is 14.9. The SMILES string of the molecule is C.Cc1cc([S+](c2ccccc2)c2ccccc2)cc(C)c1OCC(=O)O.Cc1cc([S+](c2ccccc2)c2ccccc2)cc(C)c1OCC(=O)OC1(C)C2CC3CC(C2)CC1C3.Cl.O.[Br-]. The van der Waals surface area contributed by atoms with Gasteiger partial charge in [0.2, 0.25) is 0 Å². The van der Waals surface area contributed by atoms with Gasteiger partial charge in [-0.15, -0.1) is 12.4 Å². The van der Waals surface area contributed by atoms with Crippen molar-refractivity contribution in [2.45, 2.75) is 109 Å². The van der Waals surface area contributed by atoms with Gasteiger partial charge in [-0.25, -0.2) is 9.59 Å². The second-order valence-electron chi connectivity index (χ2n) is 17.6. The van der Waals surface area contributed by atoms with Crippen molar-refractivity contribution in [1.82, 2.24) is 0 Å². The van der Waals surface area contributed by atoms with Crippen molar-refractivity contribution in [1.29, 1.82) is 0 Å². The van der Waals surface area contributed by atoms with Crippen molar-refractivity contribution in [3.05, 3.63) is 168 Å². The predicted molar refractivity (Wildman–Crippen MR) is 270 cm³/mol. The minimum Gasteiger partial charge on any atom is -1.00 e. The van der Waals surface area contributed by atoms with E-state index >= 15 is 0 Å². The first-order chi connectivity index (χ1) is 30.5. The Bertz CT molecular complexity index is 2370. The topological polar surface area (TPSA) is 114 Å². The molecular formula is C56H65BrClO7S2+. The van der Waals surface area contributed by atoms with E-state index in [4.69, 9.17) is 19.3 Å². The van der Waals surface area contributed by atoms with Crippen LogP contribution in [0.1, 0.15) is 68.7 Å². The van der Waals surface area contributed by atoms with Crippen LogP contribution in [0.4, 0.5) is 0 Å². The number of hydrogen-bond acceptors (Lipinski definition) is 5. The second kappa shape index (κ2) is 24.5. The number of ether oxygens (including phenoxy) is 3. The molecule has 7 nitrogen and oxygen atoms in total. The summed E-state index contributed by atoms with van der Waals surface area (Å²) >= 11 is 0. The summed E-state index contributed by atoms with van der Waals surface area (Å²) < 4.78 is 17.9. The molecule has 0 heterocycles. The number of rotatable bonds is 13. The minimum absolute atomic E-state index is 0. The Hall–Kier alpha value is -4.71. The number of hydrogen-bond donors (Lipinski definition) is 1. The molecular weight excluding hydrogens is 964 g/mol. The molecule has 0 amide bonds. The van der Waals surface area contributed by atoms with Crippen molar-refractivity contribution in [2.75, 3.05) is 13.2 Å². The molecule has 4 saturated carbocycles. The van der Waals surface area contributed by atoms with Crippen LogP contribution in [0, 0.1) is 51.4 Å². The molecule has 4 aliphatic carbocycles. The fourth-order valence-electron chi connectivity index (χ4n) is 10.4. The number of aliphatic carboxylic acids is 1. The summed E-state index contributed by atoms with van der Waals surface area (Å²) in [7, 11) is -0.444. The summed E-state index contributed by atoms with van der Waals surface area (Å²) in [4.78, 5) is 31.4. The number of esters is 1. The summed E-state index contributed by atoms with van der Waals surface area (Å²) in [5, 5.41) is 8.87. The second-order valence-corrected chi connectivity index (χ2v) is 21.6. The molecule has 3 N–H and O–H groups in total. The summed E-state index contributed by atoms with van der Waals surface area (Å²) in [6.45, 7) is 9.91. The smallest absolute Gasteiger partial charge is 0.344 e. The molecule has 0 aromatic heterocycles. The van der Waals surface area contributed by atoms with E-state index in [1.54, 1.807) is 0 Å². The van der Waals surface area contributed by atoms with Gasteiger partial charge < -0.3 is 41.8 Å². The Labute approximate surface area is 420 Å². The highest BCUT2D eigenvalue weighted by Crippen LogP contribution is 2.59. The maximum Gasteiger partial charge on any atom is 0.344 e. The predicted octanol–water partition coefficient (Wildman–Crippen LogP) is 9.64. The molecule has 11 heteroatoms. The van der Waals surface area contributed by atoms with Gasteiger partial charge in [-0.05, 0) is 161 Å². The average molecular weight is 1030 g/mol. The van der Waals surface area contributed by atoms with Crippen molar-refractivity contribution in [3.63, 3.8) is 0 Å². The highest BCUT2D eigenvalue weighted by molar-refractivity contribution is 7.97. The standard InChI is InChI=1S/C33H37O3S.C22H20O3S.CH4.BrH.ClH.H2O/c1-22-14-30(37(28-10-6-4-7-11-28)29-12-8-5-9-13-29)15-23(2)32(22)35-21-31(34)36-33(3)26-17-24-16-25(19-26)20-27(33)18-24;1-16-13-20(14-17(2)22(16)25-15-21(23)24)26(18-9-5-3-6-10-18)19-11-7-4-8-12-19;;;;/h4-15,24-27H,16-21H2,1-3H3;3-14H,15H2,1-2H3;1H4;2*1H;1H2/q+1;;;;;. The largest absolute Gasteiger partial charge is 1.00 e. The van der Waals surface area contributed by atoms with Crippen LogP contribution >= 0.6 is 12.4 Å². The van der Waals surface area contributed by atoms with E-state index in [1.165, 1.54) is 61.5 Å². The summed E-state index contributed by atoms with van der Waals surface area (Å²) in [5.74, 6) is 2.99. The van der Waals surface area contributed by atoms with Crippen LogP contribution in [-0.2, 0) is 36.1 Å². The van der Waals surface area contributed by atoms with Crippen molar-refractivity contribution >= 4 is 46.1 Å². The fraction of sp³-hybridized carbons (Fsp3) is 0.321. The Kier molecular flexibility index (Phi) is 20.1. The minimum atomic E-state index is -0.971. The Balaban J connectivity index is 0.000000292. The Morgan fingerprint density at radius 1 is 0.537 bits per heavy atom. The third-order valence-electron chi connectivity index (χ3n) is 13.0. The first-order valence-electron chi connectivity index (χ1n) is 22.1. The van der Waals surface area contributed by atoms with Gasteiger partial charge in [0.05, 0.1) is 21.8 Å². The average Bonchev–Trinajstić information content (AvgIpc) is 3.27. The van der Waals surface area contributed by atoms with E-state index in [0.29, 0.717) is 17.6 Å². The lowest BCUT2D eigenvalue weighted by Crippen LogP contribution is -3.00. The van der Waals surface area contributed by atoms with Crippen LogP contribution in [0.2, 0.25) is 0 Å². The first kappa shape index (κ1) is 54.9. The summed E-state index contributed by atoms with van der Waals surface area (Å²) in [6.07, 6.45) is 6.29. The van der Waals surface area contributed by atoms with Gasteiger partial charge in [0.1, 0.15) is 17.1 Å². The van der Waals surface area contributed by atoms with Crippen LogP contribution in [-0.4, -0.2) is 41.3 Å². The molecule has 4 bridgehead atoms. The lowest BCUT2D eigenvalue weighted by molar-refractivity contribution is -0.204. The highest BCUT2D eigenvalue weighted by atomic mass is 79.9. The monoisotopic (exact) mass is 1030 g/mol. The lowest BCUT2D eigenvalue weighted by atomic mass is 9.50. The van der Waals surface area contributed by atoms with Gasteiger partial charge in [0.15, 0.2) is 42.6 Å². The van der Waals surface area contributed by atoms with Crippen molar-refractivity contribution in [3.8, 4) is 11.5 Å². The highest BCUT2D eigenvalue weighted by Gasteiger charge is 2.57. The number of halogens is 2. The quantitative estimate of drug-likeness (QED) is 0.0912. The van der Waals surface area contributed by atoms with E-state index in [0.717, 1.165) is 39.8 Å². The number of carbonyl (C=O) groups is 2. The maximum atomic E-state index is 13.0. The van der Waals surface area contributed by atoms with E-state index < -0.39 is 5.97 Å². The van der Waals surface area contributed by atoms with Gasteiger partial charge in [-0.2, -0.15) is 0 Å². The molecule has 356 valence electrons. The van der Waals surface area contributed by atoms with Crippen molar-refractivity contribution in [2.24, 2.45) is 23.7 Å². The normalized spacial score (nSPS) is 19.6. The zero-order valence-electron chi connectivity index (χ0n) is 38.2. The van der Waals surface area contributed by atoms with Gasteiger partial charge in [0.25, 0.3) is 0 Å². The molecule has 6 aromatic rings. The van der Waals surface area contributed by atoms with E-state index in [9.17, 15) is 9.59 Å². The molecule has 6 aromatic carbocycles. The van der Waals surface area contributed by atoms with Crippen LogP contribution in [0.15, 0.2) is 175 Å². The lowest BCUT2D eigenvalue weighted by Gasteiger charge is -2.59. The molecule has 10 rings (SSSR count). The Morgan fingerprint density at radius 2 is 0.836 bits per heavy atom. The van der Waals surface area contributed by atoms with E-state index in [2.05, 4.69) is 154 Å². The number of carbonyl (C=O) groups excluding carboxylic acids is 1. The molecule has 0 unspecified atom stereocenters. The number of carboxylic acids is 1. The molecule has 0 atom stereocenters. The first-order valence-corrected chi connectivity index (χ1v) is 24.5.